The highest BCUT2D eigenvalue weighted by atomic mass is 15.1. The standard InChI is InChI=1S/C4H13N3.C3H8/c1-2-3-4(5,6)7;1-3-2/h2-3,5-7H2,1H3;3H2,1-2H3. The molecule has 3 heteroatoms. The highest BCUT2D eigenvalue weighted by Gasteiger charge is 2.07. The van der Waals surface area contributed by atoms with Crippen LogP contribution in [-0.4, -0.2) is 5.79 Å². The maximum atomic E-state index is 5.20. The molecule has 10 heavy (non-hydrogen) atoms. The minimum absolute atomic E-state index is 0.674. The molecule has 0 heterocycles. The first-order chi connectivity index (χ1) is 4.47. The maximum absolute atomic E-state index is 5.20. The summed E-state index contributed by atoms with van der Waals surface area (Å²) in [6.45, 7) is 6.24. The van der Waals surface area contributed by atoms with Crippen LogP contribution in [0.5, 0.6) is 0 Å². The summed E-state index contributed by atoms with van der Waals surface area (Å²) >= 11 is 0. The smallest absolute Gasteiger partial charge is 0.115 e. The lowest BCUT2D eigenvalue weighted by molar-refractivity contribution is 0.420. The zero-order valence-electron chi connectivity index (χ0n) is 7.35. The van der Waals surface area contributed by atoms with Crippen LogP contribution in [0, 0.1) is 0 Å². The van der Waals surface area contributed by atoms with Crippen molar-refractivity contribution in [2.45, 2.75) is 45.8 Å². The van der Waals surface area contributed by atoms with Gasteiger partial charge in [-0.15, -0.1) is 0 Å². The molecule has 0 aliphatic carbocycles. The van der Waals surface area contributed by atoms with E-state index in [1.54, 1.807) is 0 Å². The van der Waals surface area contributed by atoms with E-state index in [1.165, 1.54) is 6.42 Å². The molecule has 0 atom stereocenters. The Kier molecular flexibility index (Phi) is 8.77. The SMILES string of the molecule is CCC.CCCC(N)(N)N. The molecule has 6 N–H and O–H groups in total. The van der Waals surface area contributed by atoms with Crippen LogP contribution in [0.1, 0.15) is 40.0 Å². The van der Waals surface area contributed by atoms with Gasteiger partial charge in [0.2, 0.25) is 0 Å². The normalized spacial score (nSPS) is 10.2. The molecule has 0 spiro atoms. The summed E-state index contributed by atoms with van der Waals surface area (Å²) < 4.78 is 0. The number of hydrogen-bond donors (Lipinski definition) is 3. The Morgan fingerprint density at radius 2 is 1.30 bits per heavy atom. The lowest BCUT2D eigenvalue weighted by Crippen LogP contribution is -2.57. The summed E-state index contributed by atoms with van der Waals surface area (Å²) in [7, 11) is 0. The molecule has 0 bridgehead atoms. The van der Waals surface area contributed by atoms with E-state index in [-0.39, 0.29) is 0 Å². The second kappa shape index (κ2) is 6.99. The van der Waals surface area contributed by atoms with Crippen molar-refractivity contribution in [1.29, 1.82) is 0 Å². The fraction of sp³-hybridized carbons (Fsp3) is 1.00. The molecule has 0 radical (unpaired) electrons. The van der Waals surface area contributed by atoms with Crippen LogP contribution in [0.3, 0.4) is 0 Å². The second-order valence-electron chi connectivity index (χ2n) is 2.57. The van der Waals surface area contributed by atoms with Gasteiger partial charge in [-0.05, 0) is 6.42 Å². The van der Waals surface area contributed by atoms with Gasteiger partial charge >= 0.3 is 0 Å². The van der Waals surface area contributed by atoms with Crippen molar-refractivity contribution in [1.82, 2.24) is 0 Å². The minimum atomic E-state index is -0.950. The largest absolute Gasteiger partial charge is 0.301 e. The van der Waals surface area contributed by atoms with E-state index in [4.69, 9.17) is 17.2 Å². The Morgan fingerprint density at radius 3 is 1.30 bits per heavy atom. The topological polar surface area (TPSA) is 78.1 Å². The fourth-order valence-electron chi connectivity index (χ4n) is 0.433. The second-order valence-corrected chi connectivity index (χ2v) is 2.57. The monoisotopic (exact) mass is 147 g/mol. The molecule has 0 aliphatic heterocycles. The maximum Gasteiger partial charge on any atom is 0.115 e. The lowest BCUT2D eigenvalue weighted by Gasteiger charge is -2.15. The van der Waals surface area contributed by atoms with Crippen LogP contribution in [0.2, 0.25) is 0 Å². The molecule has 0 aromatic rings. The van der Waals surface area contributed by atoms with E-state index in [1.807, 2.05) is 6.92 Å². The van der Waals surface area contributed by atoms with Crippen molar-refractivity contribution < 1.29 is 0 Å². The Morgan fingerprint density at radius 1 is 1.00 bits per heavy atom. The highest BCUT2D eigenvalue weighted by molar-refractivity contribution is 4.64. The van der Waals surface area contributed by atoms with E-state index in [0.29, 0.717) is 6.42 Å². The van der Waals surface area contributed by atoms with Gasteiger partial charge in [-0.25, -0.2) is 0 Å². The van der Waals surface area contributed by atoms with Crippen LogP contribution in [-0.2, 0) is 0 Å². The van der Waals surface area contributed by atoms with Crippen LogP contribution >= 0.6 is 0 Å². The van der Waals surface area contributed by atoms with Crippen LogP contribution in [0.25, 0.3) is 0 Å². The summed E-state index contributed by atoms with van der Waals surface area (Å²) in [5.74, 6) is -0.950. The van der Waals surface area contributed by atoms with Gasteiger partial charge < -0.3 is 17.2 Å². The number of nitrogens with two attached hydrogens (primary N) is 3. The third-order valence-electron chi connectivity index (χ3n) is 0.683. The van der Waals surface area contributed by atoms with Crippen molar-refractivity contribution in [2.75, 3.05) is 0 Å². The van der Waals surface area contributed by atoms with Gasteiger partial charge in [-0.1, -0.05) is 33.6 Å². The summed E-state index contributed by atoms with van der Waals surface area (Å²) in [6, 6.07) is 0. The zero-order chi connectivity index (χ0) is 8.62. The highest BCUT2D eigenvalue weighted by Crippen LogP contribution is 1.91. The Labute approximate surface area is 64.0 Å². The molecule has 0 rings (SSSR count). The van der Waals surface area contributed by atoms with E-state index in [2.05, 4.69) is 13.8 Å². The van der Waals surface area contributed by atoms with Gasteiger partial charge in [0.25, 0.3) is 0 Å². The zero-order valence-corrected chi connectivity index (χ0v) is 7.35. The molecule has 3 nitrogen and oxygen atoms in total. The summed E-state index contributed by atoms with van der Waals surface area (Å²) in [5, 5.41) is 0. The van der Waals surface area contributed by atoms with Crippen LogP contribution in [0.4, 0.5) is 0 Å². The molecule has 0 aromatic heterocycles. The van der Waals surface area contributed by atoms with Crippen LogP contribution in [0.15, 0.2) is 0 Å². The average molecular weight is 147 g/mol. The molecule has 64 valence electrons. The van der Waals surface area contributed by atoms with Crippen molar-refractivity contribution in [3.63, 3.8) is 0 Å². The molecule has 0 unspecified atom stereocenters. The third kappa shape index (κ3) is 24.8. The Balaban J connectivity index is 0. The molecule has 0 aliphatic rings. The summed E-state index contributed by atoms with van der Waals surface area (Å²) in [4.78, 5) is 0. The average Bonchev–Trinajstić information content (AvgIpc) is 1.63. The van der Waals surface area contributed by atoms with Gasteiger partial charge in [-0.3, -0.25) is 0 Å². The van der Waals surface area contributed by atoms with Crippen LogP contribution < -0.4 is 17.2 Å². The molecule has 0 saturated carbocycles. The van der Waals surface area contributed by atoms with Crippen molar-refractivity contribution in [3.8, 4) is 0 Å². The van der Waals surface area contributed by atoms with Gasteiger partial charge in [0.1, 0.15) is 5.79 Å². The molecule has 0 fully saturated rings. The molecule has 0 aromatic carbocycles. The summed E-state index contributed by atoms with van der Waals surface area (Å²) in [6.07, 6.45) is 2.86. The molecule has 0 saturated heterocycles. The van der Waals surface area contributed by atoms with Gasteiger partial charge in [0.15, 0.2) is 0 Å². The van der Waals surface area contributed by atoms with Crippen molar-refractivity contribution >= 4 is 0 Å². The Hall–Kier alpha value is -0.120. The predicted octanol–water partition coefficient (Wildman–Crippen LogP) is 0.733. The first-order valence-corrected chi connectivity index (χ1v) is 3.84. The molecular weight excluding hydrogens is 126 g/mol. The first-order valence-electron chi connectivity index (χ1n) is 3.84. The van der Waals surface area contributed by atoms with Gasteiger partial charge in [0.05, 0.1) is 0 Å². The predicted molar refractivity (Wildman–Crippen MR) is 46.2 cm³/mol. The fourth-order valence-corrected chi connectivity index (χ4v) is 0.433. The van der Waals surface area contributed by atoms with E-state index < -0.39 is 5.79 Å². The first kappa shape index (κ1) is 12.5. The number of rotatable bonds is 2. The van der Waals surface area contributed by atoms with Crippen molar-refractivity contribution in [3.05, 3.63) is 0 Å². The molecule has 0 amide bonds. The Bertz CT molecular complexity index is 56.4. The summed E-state index contributed by atoms with van der Waals surface area (Å²) in [5.41, 5.74) is 15.6. The molecular formula is C7H21N3. The quantitative estimate of drug-likeness (QED) is 0.504. The number of hydrogen-bond acceptors (Lipinski definition) is 3. The van der Waals surface area contributed by atoms with Gasteiger partial charge in [0, 0.05) is 0 Å². The van der Waals surface area contributed by atoms with Gasteiger partial charge in [-0.2, -0.15) is 0 Å². The van der Waals surface area contributed by atoms with E-state index in [9.17, 15) is 0 Å². The minimum Gasteiger partial charge on any atom is -0.301 e. The van der Waals surface area contributed by atoms with Crippen molar-refractivity contribution in [2.24, 2.45) is 17.2 Å². The lowest BCUT2D eigenvalue weighted by atomic mass is 10.2. The third-order valence-corrected chi connectivity index (χ3v) is 0.683. The van der Waals surface area contributed by atoms with E-state index in [0.717, 1.165) is 6.42 Å². The van der Waals surface area contributed by atoms with E-state index >= 15 is 0 Å².